The van der Waals surface area contributed by atoms with Gasteiger partial charge in [-0.2, -0.15) is 0 Å². The van der Waals surface area contributed by atoms with E-state index in [-0.39, 0.29) is 5.63 Å². The minimum atomic E-state index is -0.214. The largest absolute Gasteiger partial charge is 0.374 e. The van der Waals surface area contributed by atoms with Gasteiger partial charge in [0.25, 0.3) is 0 Å². The molecule has 0 amide bonds. The van der Waals surface area contributed by atoms with Gasteiger partial charge in [-0.3, -0.25) is 0 Å². The van der Waals surface area contributed by atoms with Gasteiger partial charge in [0.15, 0.2) is 0 Å². The molecular weight excluding hydrogens is 186 g/mol. The summed E-state index contributed by atoms with van der Waals surface area (Å²) in [6, 6.07) is 0. The van der Waals surface area contributed by atoms with Gasteiger partial charge < -0.3 is 4.52 Å². The zero-order valence-corrected chi connectivity index (χ0v) is 7.87. The highest BCUT2D eigenvalue weighted by molar-refractivity contribution is 7.19. The number of aromatic amines is 1. The van der Waals surface area contributed by atoms with E-state index >= 15 is 0 Å². The van der Waals surface area contributed by atoms with Crippen LogP contribution in [0.3, 0.4) is 0 Å². The molecular formula is C9H9NO2S. The molecule has 4 heteroatoms. The Hall–Kier alpha value is -1.03. The topological polar surface area (TPSA) is 46.0 Å². The normalized spacial score (nSPS) is 16.3. The molecule has 0 bridgehead atoms. The number of aromatic nitrogens is 1. The Balaban J connectivity index is 2.40. The molecule has 1 aliphatic rings. The van der Waals surface area contributed by atoms with Crippen LogP contribution in [-0.4, -0.2) is 5.16 Å². The first-order valence-electron chi connectivity index (χ1n) is 4.48. The number of thiophene rings is 1. The lowest BCUT2D eigenvalue weighted by atomic mass is 9.99. The molecule has 0 atom stereocenters. The van der Waals surface area contributed by atoms with Gasteiger partial charge in [-0.05, 0) is 31.2 Å². The molecule has 0 aromatic carbocycles. The zero-order chi connectivity index (χ0) is 8.84. The number of nitrogens with one attached hydrogen (secondary N) is 1. The van der Waals surface area contributed by atoms with E-state index in [1.165, 1.54) is 23.3 Å². The van der Waals surface area contributed by atoms with Gasteiger partial charge in [0.1, 0.15) is 10.2 Å². The van der Waals surface area contributed by atoms with E-state index in [1.54, 1.807) is 11.3 Å². The van der Waals surface area contributed by atoms with E-state index in [4.69, 9.17) is 4.52 Å². The summed E-state index contributed by atoms with van der Waals surface area (Å²) in [5.41, 5.74) is 2.05. The van der Waals surface area contributed by atoms with Crippen molar-refractivity contribution >= 4 is 21.6 Å². The number of hydrogen-bond donors (Lipinski definition) is 1. The van der Waals surface area contributed by atoms with Crippen molar-refractivity contribution < 1.29 is 4.52 Å². The van der Waals surface area contributed by atoms with Crippen LogP contribution in [0.15, 0.2) is 9.32 Å². The maximum Gasteiger partial charge on any atom is 0.374 e. The van der Waals surface area contributed by atoms with Crippen LogP contribution in [0.1, 0.15) is 23.3 Å². The van der Waals surface area contributed by atoms with Crippen LogP contribution in [0.5, 0.6) is 0 Å². The highest BCUT2D eigenvalue weighted by Crippen LogP contribution is 2.33. The number of aryl methyl sites for hydroxylation is 2. The van der Waals surface area contributed by atoms with Crippen LogP contribution >= 0.6 is 11.3 Å². The number of rotatable bonds is 0. The van der Waals surface area contributed by atoms with Gasteiger partial charge in [-0.15, -0.1) is 11.3 Å². The van der Waals surface area contributed by atoms with Crippen LogP contribution in [0.25, 0.3) is 10.2 Å². The molecule has 0 saturated carbocycles. The molecule has 0 aliphatic heterocycles. The van der Waals surface area contributed by atoms with Crippen molar-refractivity contribution in [2.24, 2.45) is 0 Å². The predicted molar refractivity (Wildman–Crippen MR) is 51.4 cm³/mol. The van der Waals surface area contributed by atoms with Gasteiger partial charge in [0.05, 0.1) is 0 Å². The van der Waals surface area contributed by atoms with E-state index in [0.717, 1.165) is 23.1 Å². The lowest BCUT2D eigenvalue weighted by Crippen LogP contribution is -1.97. The lowest BCUT2D eigenvalue weighted by molar-refractivity contribution is 0.399. The van der Waals surface area contributed by atoms with Gasteiger partial charge >= 0.3 is 5.63 Å². The van der Waals surface area contributed by atoms with Gasteiger partial charge in [0, 0.05) is 4.88 Å². The molecule has 2 aromatic heterocycles. The first kappa shape index (κ1) is 7.38. The smallest absolute Gasteiger partial charge is 0.337 e. The third-order valence-corrected chi connectivity index (χ3v) is 3.87. The molecule has 0 radical (unpaired) electrons. The summed E-state index contributed by atoms with van der Waals surface area (Å²) >= 11 is 1.60. The minimum absolute atomic E-state index is 0.214. The van der Waals surface area contributed by atoms with E-state index < -0.39 is 0 Å². The molecule has 0 saturated heterocycles. The van der Waals surface area contributed by atoms with Crippen LogP contribution in [0.4, 0.5) is 0 Å². The van der Waals surface area contributed by atoms with Crippen molar-refractivity contribution in [1.82, 2.24) is 5.16 Å². The Bertz CT molecular complexity index is 505. The maximum atomic E-state index is 11.2. The van der Waals surface area contributed by atoms with Crippen LogP contribution in [0, 0.1) is 0 Å². The first-order chi connectivity index (χ1) is 6.36. The van der Waals surface area contributed by atoms with Crippen LogP contribution < -0.4 is 5.63 Å². The van der Waals surface area contributed by atoms with Crippen molar-refractivity contribution in [3.8, 4) is 0 Å². The Morgan fingerprint density at radius 1 is 1.31 bits per heavy atom. The molecule has 0 unspecified atom stereocenters. The van der Waals surface area contributed by atoms with E-state index in [0.29, 0.717) is 0 Å². The zero-order valence-electron chi connectivity index (χ0n) is 7.05. The molecule has 1 N–H and O–H groups in total. The molecule has 68 valence electrons. The molecule has 13 heavy (non-hydrogen) atoms. The summed E-state index contributed by atoms with van der Waals surface area (Å²) < 4.78 is 5.52. The lowest BCUT2D eigenvalue weighted by Gasteiger charge is -2.09. The van der Waals surface area contributed by atoms with Gasteiger partial charge in [0.2, 0.25) is 0 Å². The monoisotopic (exact) mass is 195 g/mol. The summed E-state index contributed by atoms with van der Waals surface area (Å²) in [5.74, 6) is 0. The second-order valence-corrected chi connectivity index (χ2v) is 4.51. The summed E-state index contributed by atoms with van der Waals surface area (Å²) in [5, 5.41) is 2.72. The Kier molecular flexibility index (Phi) is 1.41. The fourth-order valence-corrected chi connectivity index (χ4v) is 3.17. The third-order valence-electron chi connectivity index (χ3n) is 2.60. The number of H-pyrrole nitrogens is 1. The first-order valence-corrected chi connectivity index (χ1v) is 5.29. The molecule has 0 fully saturated rings. The fraction of sp³-hybridized carbons (Fsp3) is 0.444. The Labute approximate surface area is 78.3 Å². The second-order valence-electron chi connectivity index (χ2n) is 3.41. The molecule has 0 spiro atoms. The highest BCUT2D eigenvalue weighted by Gasteiger charge is 2.19. The average Bonchev–Trinajstić information content (AvgIpc) is 2.67. The second kappa shape index (κ2) is 2.48. The Morgan fingerprint density at radius 3 is 3.08 bits per heavy atom. The summed E-state index contributed by atoms with van der Waals surface area (Å²) in [4.78, 5) is 12.6. The van der Waals surface area contributed by atoms with Crippen LogP contribution in [0.2, 0.25) is 0 Å². The molecule has 2 heterocycles. The van der Waals surface area contributed by atoms with E-state index in [1.807, 2.05) is 0 Å². The van der Waals surface area contributed by atoms with E-state index in [2.05, 4.69) is 5.16 Å². The summed E-state index contributed by atoms with van der Waals surface area (Å²) in [6.45, 7) is 0. The van der Waals surface area contributed by atoms with Crippen molar-refractivity contribution in [3.63, 3.8) is 0 Å². The standard InChI is InChI=1S/C9H9NO2S/c11-9-8-7(10-12-9)5-3-1-2-4-6(5)13-8/h10H,1-4H2. The third kappa shape index (κ3) is 0.920. The fourth-order valence-electron chi connectivity index (χ4n) is 1.96. The summed E-state index contributed by atoms with van der Waals surface area (Å²) in [7, 11) is 0. The highest BCUT2D eigenvalue weighted by atomic mass is 32.1. The number of hydrogen-bond acceptors (Lipinski definition) is 3. The van der Waals surface area contributed by atoms with Crippen molar-refractivity contribution in [2.75, 3.05) is 0 Å². The summed E-state index contributed by atoms with van der Waals surface area (Å²) in [6.07, 6.45) is 4.69. The average molecular weight is 195 g/mol. The van der Waals surface area contributed by atoms with Crippen molar-refractivity contribution in [3.05, 3.63) is 20.9 Å². The molecule has 2 aromatic rings. The number of fused-ring (bicyclic) bond motifs is 3. The van der Waals surface area contributed by atoms with Crippen molar-refractivity contribution in [1.29, 1.82) is 0 Å². The minimum Gasteiger partial charge on any atom is -0.337 e. The van der Waals surface area contributed by atoms with Crippen LogP contribution in [-0.2, 0) is 12.8 Å². The molecule has 3 nitrogen and oxygen atoms in total. The SMILES string of the molecule is O=c1o[nH]c2c3c(sc12)CCCC3. The van der Waals surface area contributed by atoms with Crippen molar-refractivity contribution in [2.45, 2.75) is 25.7 Å². The maximum absolute atomic E-state index is 11.2. The van der Waals surface area contributed by atoms with Gasteiger partial charge in [-0.25, -0.2) is 9.95 Å². The molecule has 3 rings (SSSR count). The Morgan fingerprint density at radius 2 is 2.15 bits per heavy atom. The van der Waals surface area contributed by atoms with E-state index in [9.17, 15) is 4.79 Å². The van der Waals surface area contributed by atoms with Gasteiger partial charge in [-0.1, -0.05) is 0 Å². The quantitative estimate of drug-likeness (QED) is 0.699. The molecule has 1 aliphatic carbocycles. The predicted octanol–water partition coefficient (Wildman–Crippen LogP) is 2.06.